The average molecular weight is 187 g/mol. The lowest BCUT2D eigenvalue weighted by Gasteiger charge is -2.38. The number of benzene rings is 1. The maximum Gasteiger partial charge on any atom is 0.0375 e. The van der Waals surface area contributed by atoms with Crippen LogP contribution in [0.3, 0.4) is 0 Å². The van der Waals surface area contributed by atoms with Crippen LogP contribution in [-0.4, -0.2) is 6.04 Å². The Labute approximate surface area is 85.5 Å². The summed E-state index contributed by atoms with van der Waals surface area (Å²) in [5, 5.41) is 3.70. The molecule has 0 bridgehead atoms. The first-order valence-electron chi connectivity index (χ1n) is 5.78. The molecule has 3 rings (SSSR count). The fraction of sp³-hybridized carbons (Fsp3) is 0.538. The minimum atomic E-state index is 0.763. The van der Waals surface area contributed by atoms with Crippen LogP contribution in [0, 0.1) is 5.92 Å². The van der Waals surface area contributed by atoms with E-state index in [0.29, 0.717) is 0 Å². The molecule has 1 saturated carbocycles. The molecule has 0 unspecified atom stereocenters. The second-order valence-electron chi connectivity index (χ2n) is 4.66. The topological polar surface area (TPSA) is 12.0 Å². The monoisotopic (exact) mass is 187 g/mol. The molecule has 1 aromatic carbocycles. The van der Waals surface area contributed by atoms with Crippen molar-refractivity contribution in [3.8, 4) is 0 Å². The molecule has 1 heterocycles. The second kappa shape index (κ2) is 3.30. The molecular formula is C13H17N. The van der Waals surface area contributed by atoms with Gasteiger partial charge in [0.05, 0.1) is 0 Å². The number of anilines is 1. The Morgan fingerprint density at radius 1 is 1.07 bits per heavy atom. The highest BCUT2D eigenvalue weighted by atomic mass is 14.9. The highest BCUT2D eigenvalue weighted by molar-refractivity contribution is 5.54. The van der Waals surface area contributed by atoms with E-state index in [2.05, 4.69) is 29.6 Å². The fourth-order valence-corrected chi connectivity index (χ4v) is 2.96. The standard InChI is InChI=1S/C13H17N/c1-3-7-12-10(5-1)9-11-6-2-4-8-13(11)14-12/h1,3,5,7,11,13-14H,2,4,6,8-9H2/t11-,13-/m0/s1. The molecule has 0 aromatic heterocycles. The molecule has 1 aliphatic carbocycles. The molecule has 1 nitrogen and oxygen atoms in total. The lowest BCUT2D eigenvalue weighted by atomic mass is 9.78. The molecule has 0 spiro atoms. The zero-order valence-electron chi connectivity index (χ0n) is 8.50. The van der Waals surface area contributed by atoms with Crippen molar-refractivity contribution in [2.45, 2.75) is 38.1 Å². The molecule has 2 atom stereocenters. The van der Waals surface area contributed by atoms with E-state index in [1.807, 2.05) is 0 Å². The highest BCUT2D eigenvalue weighted by Gasteiger charge is 2.29. The van der Waals surface area contributed by atoms with Crippen molar-refractivity contribution in [3.05, 3.63) is 29.8 Å². The molecule has 1 N–H and O–H groups in total. The highest BCUT2D eigenvalue weighted by Crippen LogP contribution is 2.35. The summed E-state index contributed by atoms with van der Waals surface area (Å²) in [5.74, 6) is 0.902. The van der Waals surface area contributed by atoms with Gasteiger partial charge in [0.15, 0.2) is 0 Å². The van der Waals surface area contributed by atoms with Crippen molar-refractivity contribution >= 4 is 5.69 Å². The Balaban J connectivity index is 1.91. The van der Waals surface area contributed by atoms with Crippen LogP contribution in [0.5, 0.6) is 0 Å². The van der Waals surface area contributed by atoms with E-state index in [1.54, 1.807) is 0 Å². The molecule has 0 radical (unpaired) electrons. The van der Waals surface area contributed by atoms with Gasteiger partial charge in [-0.2, -0.15) is 0 Å². The minimum absolute atomic E-state index is 0.763. The Kier molecular flexibility index (Phi) is 1.97. The summed E-state index contributed by atoms with van der Waals surface area (Å²) in [6.07, 6.45) is 6.94. The number of nitrogens with one attached hydrogen (secondary N) is 1. The normalized spacial score (nSPS) is 30.0. The lowest BCUT2D eigenvalue weighted by molar-refractivity contribution is 0.315. The van der Waals surface area contributed by atoms with Crippen LogP contribution >= 0.6 is 0 Å². The summed E-state index contributed by atoms with van der Waals surface area (Å²) in [5.41, 5.74) is 2.91. The van der Waals surface area contributed by atoms with Gasteiger partial charge in [0.2, 0.25) is 0 Å². The van der Waals surface area contributed by atoms with Crippen LogP contribution in [0.2, 0.25) is 0 Å². The molecule has 1 aliphatic heterocycles. The molecule has 1 heteroatoms. The fourth-order valence-electron chi connectivity index (χ4n) is 2.96. The third-order valence-electron chi connectivity index (χ3n) is 3.75. The largest absolute Gasteiger partial charge is 0.382 e. The van der Waals surface area contributed by atoms with Gasteiger partial charge in [-0.3, -0.25) is 0 Å². The van der Waals surface area contributed by atoms with Crippen molar-refractivity contribution < 1.29 is 0 Å². The third kappa shape index (κ3) is 1.31. The third-order valence-corrected chi connectivity index (χ3v) is 3.75. The predicted molar refractivity (Wildman–Crippen MR) is 59.5 cm³/mol. The van der Waals surface area contributed by atoms with Crippen molar-refractivity contribution in [2.75, 3.05) is 5.32 Å². The first-order chi connectivity index (χ1) is 6.93. The maximum atomic E-state index is 3.70. The summed E-state index contributed by atoms with van der Waals surface area (Å²) in [6.45, 7) is 0. The summed E-state index contributed by atoms with van der Waals surface area (Å²) < 4.78 is 0. The molecule has 74 valence electrons. The summed E-state index contributed by atoms with van der Waals surface area (Å²) in [4.78, 5) is 0. The van der Waals surface area contributed by atoms with Crippen LogP contribution in [0.1, 0.15) is 31.2 Å². The van der Waals surface area contributed by atoms with Gasteiger partial charge in [0, 0.05) is 11.7 Å². The molecule has 14 heavy (non-hydrogen) atoms. The Hall–Kier alpha value is -0.980. The summed E-state index contributed by atoms with van der Waals surface area (Å²) in [6, 6.07) is 9.55. The molecule has 0 amide bonds. The number of rotatable bonds is 0. The van der Waals surface area contributed by atoms with E-state index in [1.165, 1.54) is 43.4 Å². The van der Waals surface area contributed by atoms with Gasteiger partial charge in [-0.05, 0) is 36.8 Å². The lowest BCUT2D eigenvalue weighted by Crippen LogP contribution is -2.37. The van der Waals surface area contributed by atoms with Crippen molar-refractivity contribution in [1.29, 1.82) is 0 Å². The van der Waals surface area contributed by atoms with Gasteiger partial charge in [0.25, 0.3) is 0 Å². The van der Waals surface area contributed by atoms with E-state index in [-0.39, 0.29) is 0 Å². The zero-order chi connectivity index (χ0) is 9.38. The quantitative estimate of drug-likeness (QED) is 0.657. The zero-order valence-corrected chi connectivity index (χ0v) is 8.50. The Bertz CT molecular complexity index is 299. The molecule has 1 aromatic rings. The molecule has 2 aliphatic rings. The van der Waals surface area contributed by atoms with E-state index >= 15 is 0 Å². The van der Waals surface area contributed by atoms with E-state index in [0.717, 1.165) is 12.0 Å². The predicted octanol–water partition coefficient (Wildman–Crippen LogP) is 3.21. The van der Waals surface area contributed by atoms with E-state index in [9.17, 15) is 0 Å². The van der Waals surface area contributed by atoms with E-state index in [4.69, 9.17) is 0 Å². The first-order valence-corrected chi connectivity index (χ1v) is 5.78. The van der Waals surface area contributed by atoms with Crippen LogP contribution in [0.25, 0.3) is 0 Å². The van der Waals surface area contributed by atoms with Crippen molar-refractivity contribution in [3.63, 3.8) is 0 Å². The van der Waals surface area contributed by atoms with E-state index < -0.39 is 0 Å². The van der Waals surface area contributed by atoms with Gasteiger partial charge >= 0.3 is 0 Å². The van der Waals surface area contributed by atoms with Crippen LogP contribution < -0.4 is 5.32 Å². The van der Waals surface area contributed by atoms with Crippen molar-refractivity contribution in [2.24, 2.45) is 5.92 Å². The van der Waals surface area contributed by atoms with Crippen molar-refractivity contribution in [1.82, 2.24) is 0 Å². The number of hydrogen-bond acceptors (Lipinski definition) is 1. The minimum Gasteiger partial charge on any atom is -0.382 e. The molecule has 1 fully saturated rings. The Morgan fingerprint density at radius 2 is 1.93 bits per heavy atom. The summed E-state index contributed by atoms with van der Waals surface area (Å²) >= 11 is 0. The summed E-state index contributed by atoms with van der Waals surface area (Å²) in [7, 11) is 0. The Morgan fingerprint density at radius 3 is 2.93 bits per heavy atom. The second-order valence-corrected chi connectivity index (χ2v) is 4.66. The number of para-hydroxylation sites is 1. The average Bonchev–Trinajstić information content (AvgIpc) is 2.26. The molecular weight excluding hydrogens is 170 g/mol. The number of fused-ring (bicyclic) bond motifs is 2. The van der Waals surface area contributed by atoms with Gasteiger partial charge < -0.3 is 5.32 Å². The smallest absolute Gasteiger partial charge is 0.0375 e. The van der Waals surface area contributed by atoms with Gasteiger partial charge in [-0.25, -0.2) is 0 Å². The molecule has 0 saturated heterocycles. The van der Waals surface area contributed by atoms with Crippen LogP contribution in [-0.2, 0) is 6.42 Å². The van der Waals surface area contributed by atoms with Gasteiger partial charge in [-0.1, -0.05) is 31.0 Å². The van der Waals surface area contributed by atoms with Gasteiger partial charge in [0.1, 0.15) is 0 Å². The first kappa shape index (κ1) is 8.34. The SMILES string of the molecule is c1ccc2c(c1)C[C@@H]1CCCC[C@@H]1N2. The van der Waals surface area contributed by atoms with Gasteiger partial charge in [-0.15, -0.1) is 0 Å². The van der Waals surface area contributed by atoms with Crippen LogP contribution in [0.15, 0.2) is 24.3 Å². The maximum absolute atomic E-state index is 3.70. The number of hydrogen-bond donors (Lipinski definition) is 1. The van der Waals surface area contributed by atoms with Crippen LogP contribution in [0.4, 0.5) is 5.69 Å².